The Hall–Kier alpha value is -1.16. The van der Waals surface area contributed by atoms with E-state index >= 15 is 0 Å². The molecule has 0 saturated heterocycles. The number of rotatable bonds is 7. The number of nitrogens with two attached hydrogens (primary N) is 1. The molecule has 0 aliphatic heterocycles. The van der Waals surface area contributed by atoms with Crippen LogP contribution >= 0.6 is 11.8 Å². The van der Waals surface area contributed by atoms with Gasteiger partial charge in [0.05, 0.1) is 0 Å². The maximum absolute atomic E-state index is 11.9. The molecule has 0 heterocycles. The standard InChI is InChI=1S/C16H26N2OS/c1-11(2)13(4)20-9-5-6-16(19)18-15-10-14(17)8-7-12(15)3/h7-8,10-11,13H,5-6,9,17H2,1-4H3,(H,18,19). The van der Waals surface area contributed by atoms with Crippen molar-refractivity contribution < 1.29 is 4.79 Å². The van der Waals surface area contributed by atoms with E-state index in [1.54, 1.807) is 0 Å². The Morgan fingerprint density at radius 1 is 1.35 bits per heavy atom. The number of amides is 1. The van der Waals surface area contributed by atoms with Gasteiger partial charge < -0.3 is 11.1 Å². The summed E-state index contributed by atoms with van der Waals surface area (Å²) in [5.74, 6) is 1.78. The van der Waals surface area contributed by atoms with Crippen molar-refractivity contribution in [1.29, 1.82) is 0 Å². The average molecular weight is 294 g/mol. The predicted molar refractivity (Wildman–Crippen MR) is 90.2 cm³/mol. The molecule has 1 atom stereocenters. The number of thioether (sulfide) groups is 1. The van der Waals surface area contributed by atoms with Gasteiger partial charge in [-0.05, 0) is 42.7 Å². The molecule has 3 N–H and O–H groups in total. The zero-order valence-corrected chi connectivity index (χ0v) is 13.7. The van der Waals surface area contributed by atoms with Crippen LogP contribution in [0.1, 0.15) is 39.2 Å². The van der Waals surface area contributed by atoms with E-state index in [1.165, 1.54) is 0 Å². The van der Waals surface area contributed by atoms with Crippen molar-refractivity contribution in [2.45, 2.75) is 45.8 Å². The smallest absolute Gasteiger partial charge is 0.224 e. The third-order valence-corrected chi connectivity index (χ3v) is 5.00. The summed E-state index contributed by atoms with van der Waals surface area (Å²) >= 11 is 1.94. The molecule has 1 aromatic carbocycles. The molecule has 0 saturated carbocycles. The van der Waals surface area contributed by atoms with Crippen LogP contribution in [0.5, 0.6) is 0 Å². The van der Waals surface area contributed by atoms with Crippen molar-refractivity contribution in [1.82, 2.24) is 0 Å². The lowest BCUT2D eigenvalue weighted by molar-refractivity contribution is -0.116. The maximum Gasteiger partial charge on any atom is 0.224 e. The summed E-state index contributed by atoms with van der Waals surface area (Å²) in [6, 6.07) is 5.57. The van der Waals surface area contributed by atoms with Crippen LogP contribution in [-0.2, 0) is 4.79 Å². The van der Waals surface area contributed by atoms with E-state index in [1.807, 2.05) is 36.9 Å². The fraction of sp³-hybridized carbons (Fsp3) is 0.562. The summed E-state index contributed by atoms with van der Waals surface area (Å²) in [7, 11) is 0. The SMILES string of the molecule is Cc1ccc(N)cc1NC(=O)CCCSC(C)C(C)C. The monoisotopic (exact) mass is 294 g/mol. The molecule has 0 aliphatic rings. The molecule has 20 heavy (non-hydrogen) atoms. The summed E-state index contributed by atoms with van der Waals surface area (Å²) in [6.45, 7) is 8.67. The highest BCUT2D eigenvalue weighted by atomic mass is 32.2. The number of nitrogens with one attached hydrogen (secondary N) is 1. The van der Waals surface area contributed by atoms with Crippen LogP contribution in [0.25, 0.3) is 0 Å². The highest BCUT2D eigenvalue weighted by Crippen LogP contribution is 2.21. The van der Waals surface area contributed by atoms with Gasteiger partial charge in [-0.25, -0.2) is 0 Å². The van der Waals surface area contributed by atoms with Crippen LogP contribution in [0, 0.1) is 12.8 Å². The number of hydrogen-bond acceptors (Lipinski definition) is 3. The van der Waals surface area contributed by atoms with E-state index in [2.05, 4.69) is 26.1 Å². The first-order valence-corrected chi connectivity index (χ1v) is 8.22. The van der Waals surface area contributed by atoms with E-state index in [4.69, 9.17) is 5.73 Å². The summed E-state index contributed by atoms with van der Waals surface area (Å²) < 4.78 is 0. The van der Waals surface area contributed by atoms with Crippen molar-refractivity contribution >= 4 is 29.0 Å². The number of anilines is 2. The fourth-order valence-corrected chi connectivity index (χ4v) is 2.75. The Labute approximate surface area is 126 Å². The topological polar surface area (TPSA) is 55.1 Å². The molecular weight excluding hydrogens is 268 g/mol. The first kappa shape index (κ1) is 16.9. The first-order valence-electron chi connectivity index (χ1n) is 7.17. The third kappa shape index (κ3) is 5.87. The lowest BCUT2D eigenvalue weighted by Gasteiger charge is -2.14. The van der Waals surface area contributed by atoms with Gasteiger partial charge in [-0.3, -0.25) is 4.79 Å². The van der Waals surface area contributed by atoms with E-state index < -0.39 is 0 Å². The van der Waals surface area contributed by atoms with Crippen LogP contribution in [-0.4, -0.2) is 16.9 Å². The largest absolute Gasteiger partial charge is 0.399 e. The van der Waals surface area contributed by atoms with Gasteiger partial charge in [0.1, 0.15) is 0 Å². The number of carbonyl (C=O) groups is 1. The Bertz CT molecular complexity index is 446. The molecular formula is C16H26N2OS. The molecule has 1 aromatic rings. The van der Waals surface area contributed by atoms with Gasteiger partial charge in [0.15, 0.2) is 0 Å². The molecule has 1 rings (SSSR count). The Kier molecular flexibility index (Phi) is 6.93. The van der Waals surface area contributed by atoms with Crippen LogP contribution < -0.4 is 11.1 Å². The second-order valence-electron chi connectivity index (χ2n) is 5.55. The van der Waals surface area contributed by atoms with Crippen LogP contribution in [0.3, 0.4) is 0 Å². The number of benzene rings is 1. The average Bonchev–Trinajstić information content (AvgIpc) is 2.38. The van der Waals surface area contributed by atoms with Crippen LogP contribution in [0.15, 0.2) is 18.2 Å². The van der Waals surface area contributed by atoms with E-state index in [-0.39, 0.29) is 5.91 Å². The molecule has 112 valence electrons. The van der Waals surface area contributed by atoms with Gasteiger partial charge in [-0.2, -0.15) is 11.8 Å². The van der Waals surface area contributed by atoms with Crippen molar-refractivity contribution in [3.8, 4) is 0 Å². The minimum Gasteiger partial charge on any atom is -0.399 e. The molecule has 1 unspecified atom stereocenters. The number of aryl methyl sites for hydroxylation is 1. The zero-order valence-electron chi connectivity index (χ0n) is 12.9. The van der Waals surface area contributed by atoms with Crippen molar-refractivity contribution in [3.05, 3.63) is 23.8 Å². The number of hydrogen-bond donors (Lipinski definition) is 2. The van der Waals surface area contributed by atoms with Crippen LogP contribution in [0.4, 0.5) is 11.4 Å². The molecule has 0 bridgehead atoms. The van der Waals surface area contributed by atoms with Crippen molar-refractivity contribution in [3.63, 3.8) is 0 Å². The molecule has 0 fully saturated rings. The Morgan fingerprint density at radius 2 is 2.05 bits per heavy atom. The molecule has 0 aromatic heterocycles. The molecule has 0 radical (unpaired) electrons. The number of carbonyl (C=O) groups excluding carboxylic acids is 1. The summed E-state index contributed by atoms with van der Waals surface area (Å²) in [4.78, 5) is 11.9. The van der Waals surface area contributed by atoms with Gasteiger partial charge in [-0.1, -0.05) is 26.8 Å². The molecule has 0 aliphatic carbocycles. The first-order chi connectivity index (χ1) is 9.40. The third-order valence-electron chi connectivity index (χ3n) is 3.40. The predicted octanol–water partition coefficient (Wildman–Crippen LogP) is 4.07. The fourth-order valence-electron chi connectivity index (χ4n) is 1.68. The Morgan fingerprint density at radius 3 is 2.70 bits per heavy atom. The van der Waals surface area contributed by atoms with Gasteiger partial charge in [-0.15, -0.1) is 0 Å². The Balaban J connectivity index is 2.32. The summed E-state index contributed by atoms with van der Waals surface area (Å²) in [5.41, 5.74) is 8.26. The van der Waals surface area contributed by atoms with Gasteiger partial charge in [0.2, 0.25) is 5.91 Å². The van der Waals surface area contributed by atoms with Crippen LogP contribution in [0.2, 0.25) is 0 Å². The lowest BCUT2D eigenvalue weighted by Crippen LogP contribution is -2.13. The van der Waals surface area contributed by atoms with Gasteiger partial charge >= 0.3 is 0 Å². The van der Waals surface area contributed by atoms with Gasteiger partial charge in [0.25, 0.3) is 0 Å². The maximum atomic E-state index is 11.9. The molecule has 3 nitrogen and oxygen atoms in total. The highest BCUT2D eigenvalue weighted by molar-refractivity contribution is 7.99. The van der Waals surface area contributed by atoms with E-state index in [0.717, 1.165) is 23.4 Å². The second kappa shape index (κ2) is 8.20. The highest BCUT2D eigenvalue weighted by Gasteiger charge is 2.08. The normalized spacial score (nSPS) is 12.4. The second-order valence-corrected chi connectivity index (χ2v) is 7.03. The minimum absolute atomic E-state index is 0.0662. The summed E-state index contributed by atoms with van der Waals surface area (Å²) in [5, 5.41) is 3.58. The van der Waals surface area contributed by atoms with Crippen molar-refractivity contribution in [2.75, 3.05) is 16.8 Å². The minimum atomic E-state index is 0.0662. The molecule has 0 spiro atoms. The zero-order chi connectivity index (χ0) is 15.1. The number of nitrogen functional groups attached to an aromatic ring is 1. The van der Waals surface area contributed by atoms with Crippen molar-refractivity contribution in [2.24, 2.45) is 5.92 Å². The quantitative estimate of drug-likeness (QED) is 0.588. The van der Waals surface area contributed by atoms with E-state index in [0.29, 0.717) is 23.3 Å². The molecule has 1 amide bonds. The summed E-state index contributed by atoms with van der Waals surface area (Å²) in [6.07, 6.45) is 1.47. The lowest BCUT2D eigenvalue weighted by atomic mass is 10.1. The van der Waals surface area contributed by atoms with Gasteiger partial charge in [0, 0.05) is 23.0 Å². The van der Waals surface area contributed by atoms with E-state index in [9.17, 15) is 4.79 Å². The molecule has 4 heteroatoms.